The van der Waals surface area contributed by atoms with Crippen molar-refractivity contribution in [1.29, 1.82) is 0 Å². The fourth-order valence-corrected chi connectivity index (χ4v) is 1.93. The zero-order valence-corrected chi connectivity index (χ0v) is 12.9. The minimum Gasteiger partial charge on any atom is -0.481 e. The Balaban J connectivity index is 2.58. The Kier molecular flexibility index (Phi) is 7.02. The lowest BCUT2D eigenvalue weighted by atomic mass is 10.1. The summed E-state index contributed by atoms with van der Waals surface area (Å²) >= 11 is 5.83. The van der Waals surface area contributed by atoms with Gasteiger partial charge >= 0.3 is 5.97 Å². The van der Waals surface area contributed by atoms with Crippen LogP contribution in [0, 0.1) is 0 Å². The molecule has 0 spiro atoms. The van der Waals surface area contributed by atoms with Crippen molar-refractivity contribution in [1.82, 2.24) is 5.32 Å². The van der Waals surface area contributed by atoms with Gasteiger partial charge in [0, 0.05) is 5.02 Å². The van der Waals surface area contributed by atoms with E-state index < -0.39 is 24.0 Å². The third kappa shape index (κ3) is 6.04. The van der Waals surface area contributed by atoms with E-state index in [9.17, 15) is 9.59 Å². The highest BCUT2D eigenvalue weighted by Crippen LogP contribution is 2.18. The molecule has 0 saturated carbocycles. The maximum atomic E-state index is 12.0. The molecule has 1 rings (SSSR count). The summed E-state index contributed by atoms with van der Waals surface area (Å²) in [5.74, 6) is -1.03. The molecule has 0 fully saturated rings. The lowest BCUT2D eigenvalue weighted by Crippen LogP contribution is -2.46. The van der Waals surface area contributed by atoms with E-state index in [1.165, 1.54) is 0 Å². The molecule has 2 atom stereocenters. The standard InChI is InChI=1S/C15H20ClNO4/c1-3-4-8-13(15(19)20)17-14(18)10(2)21-12-7-5-6-11(16)9-12/h5-7,9-10,13H,3-4,8H2,1-2H3,(H,17,18)(H,19,20)/t10?,13-/m0/s1. The molecular weight excluding hydrogens is 294 g/mol. The molecule has 0 aromatic heterocycles. The number of aliphatic carboxylic acids is 1. The van der Waals surface area contributed by atoms with Gasteiger partial charge in [0.05, 0.1) is 0 Å². The van der Waals surface area contributed by atoms with Crippen molar-refractivity contribution in [3.8, 4) is 5.75 Å². The monoisotopic (exact) mass is 313 g/mol. The summed E-state index contributed by atoms with van der Waals surface area (Å²) < 4.78 is 5.45. The van der Waals surface area contributed by atoms with Crippen molar-refractivity contribution in [2.75, 3.05) is 0 Å². The predicted octanol–water partition coefficient (Wildman–Crippen LogP) is 2.87. The summed E-state index contributed by atoms with van der Waals surface area (Å²) in [5.41, 5.74) is 0. The number of amides is 1. The number of hydrogen-bond donors (Lipinski definition) is 2. The molecule has 1 unspecified atom stereocenters. The van der Waals surface area contributed by atoms with Crippen molar-refractivity contribution in [3.63, 3.8) is 0 Å². The first-order chi connectivity index (χ1) is 9.93. The van der Waals surface area contributed by atoms with Gasteiger partial charge in [0.2, 0.25) is 0 Å². The van der Waals surface area contributed by atoms with Crippen molar-refractivity contribution in [3.05, 3.63) is 29.3 Å². The van der Waals surface area contributed by atoms with Crippen molar-refractivity contribution in [2.45, 2.75) is 45.3 Å². The maximum absolute atomic E-state index is 12.0. The fraction of sp³-hybridized carbons (Fsp3) is 0.467. The first-order valence-corrected chi connectivity index (χ1v) is 7.27. The summed E-state index contributed by atoms with van der Waals surface area (Å²) in [6.45, 7) is 3.53. The van der Waals surface area contributed by atoms with E-state index in [1.807, 2.05) is 6.92 Å². The van der Waals surface area contributed by atoms with E-state index in [-0.39, 0.29) is 0 Å². The Morgan fingerprint density at radius 1 is 1.43 bits per heavy atom. The van der Waals surface area contributed by atoms with Gasteiger partial charge in [0.1, 0.15) is 11.8 Å². The smallest absolute Gasteiger partial charge is 0.326 e. The van der Waals surface area contributed by atoms with Crippen LogP contribution in [-0.2, 0) is 9.59 Å². The van der Waals surface area contributed by atoms with Crippen LogP contribution in [0.25, 0.3) is 0 Å². The van der Waals surface area contributed by atoms with Crippen LogP contribution >= 0.6 is 11.6 Å². The highest BCUT2D eigenvalue weighted by Gasteiger charge is 2.23. The number of carbonyl (C=O) groups excluding carboxylic acids is 1. The average molecular weight is 314 g/mol. The Hall–Kier alpha value is -1.75. The highest BCUT2D eigenvalue weighted by atomic mass is 35.5. The van der Waals surface area contributed by atoms with E-state index >= 15 is 0 Å². The lowest BCUT2D eigenvalue weighted by molar-refractivity contribution is -0.143. The van der Waals surface area contributed by atoms with Crippen molar-refractivity contribution in [2.24, 2.45) is 0 Å². The Labute approximate surface area is 129 Å². The normalized spacial score (nSPS) is 13.3. The van der Waals surface area contributed by atoms with Gasteiger partial charge in [-0.05, 0) is 31.5 Å². The fourth-order valence-electron chi connectivity index (χ4n) is 1.75. The third-order valence-electron chi connectivity index (χ3n) is 2.94. The second-order valence-electron chi connectivity index (χ2n) is 4.76. The molecule has 0 heterocycles. The Morgan fingerprint density at radius 3 is 2.71 bits per heavy atom. The summed E-state index contributed by atoms with van der Waals surface area (Å²) in [4.78, 5) is 23.1. The van der Waals surface area contributed by atoms with Gasteiger partial charge < -0.3 is 15.2 Å². The van der Waals surface area contributed by atoms with Crippen molar-refractivity contribution >= 4 is 23.5 Å². The second kappa shape index (κ2) is 8.52. The second-order valence-corrected chi connectivity index (χ2v) is 5.20. The average Bonchev–Trinajstić information content (AvgIpc) is 2.42. The minimum atomic E-state index is -1.04. The number of rotatable bonds is 8. The van der Waals surface area contributed by atoms with Crippen LogP contribution in [0.15, 0.2) is 24.3 Å². The van der Waals surface area contributed by atoms with E-state index in [0.29, 0.717) is 17.2 Å². The summed E-state index contributed by atoms with van der Waals surface area (Å²) in [7, 11) is 0. The van der Waals surface area contributed by atoms with Gasteiger partial charge in [-0.15, -0.1) is 0 Å². The number of ether oxygens (including phenoxy) is 1. The number of carbonyl (C=O) groups is 2. The van der Waals surface area contributed by atoms with Gasteiger partial charge in [-0.25, -0.2) is 4.79 Å². The first-order valence-electron chi connectivity index (χ1n) is 6.89. The van der Waals surface area contributed by atoms with Gasteiger partial charge in [0.25, 0.3) is 5.91 Å². The molecule has 21 heavy (non-hydrogen) atoms. The van der Waals surface area contributed by atoms with Crippen LogP contribution in [0.1, 0.15) is 33.1 Å². The highest BCUT2D eigenvalue weighted by molar-refractivity contribution is 6.30. The van der Waals surface area contributed by atoms with Crippen LogP contribution < -0.4 is 10.1 Å². The van der Waals surface area contributed by atoms with E-state index in [0.717, 1.165) is 12.8 Å². The number of hydrogen-bond acceptors (Lipinski definition) is 3. The zero-order valence-electron chi connectivity index (χ0n) is 12.1. The van der Waals surface area contributed by atoms with Gasteiger partial charge in [-0.2, -0.15) is 0 Å². The number of unbranched alkanes of at least 4 members (excludes halogenated alkanes) is 1. The van der Waals surface area contributed by atoms with E-state index in [1.54, 1.807) is 31.2 Å². The van der Waals surface area contributed by atoms with Crippen molar-refractivity contribution < 1.29 is 19.4 Å². The van der Waals surface area contributed by atoms with Gasteiger partial charge in [-0.3, -0.25) is 4.79 Å². The molecule has 0 aliphatic heterocycles. The van der Waals surface area contributed by atoms with Crippen LogP contribution in [0.3, 0.4) is 0 Å². The molecule has 0 aliphatic rings. The molecule has 6 heteroatoms. The van der Waals surface area contributed by atoms with E-state index in [4.69, 9.17) is 21.4 Å². The SMILES string of the molecule is CCCC[C@H](NC(=O)C(C)Oc1cccc(Cl)c1)C(=O)O. The molecule has 0 saturated heterocycles. The number of halogens is 1. The van der Waals surface area contributed by atoms with Gasteiger partial charge in [-0.1, -0.05) is 37.4 Å². The molecule has 116 valence electrons. The summed E-state index contributed by atoms with van der Waals surface area (Å²) in [5, 5.41) is 12.1. The first kappa shape index (κ1) is 17.3. The van der Waals surface area contributed by atoms with E-state index in [2.05, 4.69) is 5.32 Å². The molecule has 5 nitrogen and oxygen atoms in total. The van der Waals surface area contributed by atoms with Crippen LogP contribution in [-0.4, -0.2) is 29.1 Å². The minimum absolute atomic E-state index is 0.404. The number of nitrogens with one attached hydrogen (secondary N) is 1. The van der Waals surface area contributed by atoms with Crippen LogP contribution in [0.4, 0.5) is 0 Å². The predicted molar refractivity (Wildman–Crippen MR) is 80.6 cm³/mol. The summed E-state index contributed by atoms with van der Waals surface area (Å²) in [6, 6.07) is 5.80. The third-order valence-corrected chi connectivity index (χ3v) is 3.17. The van der Waals surface area contributed by atoms with Crippen LogP contribution in [0.5, 0.6) is 5.75 Å². The number of carboxylic acids is 1. The molecule has 0 aliphatic carbocycles. The zero-order chi connectivity index (χ0) is 15.8. The largest absolute Gasteiger partial charge is 0.481 e. The van der Waals surface area contributed by atoms with Crippen LogP contribution in [0.2, 0.25) is 5.02 Å². The molecule has 2 N–H and O–H groups in total. The molecule has 1 aromatic carbocycles. The summed E-state index contributed by atoms with van der Waals surface area (Å²) in [6.07, 6.45) is 1.21. The topological polar surface area (TPSA) is 75.6 Å². The maximum Gasteiger partial charge on any atom is 0.326 e. The quantitative estimate of drug-likeness (QED) is 0.774. The lowest BCUT2D eigenvalue weighted by Gasteiger charge is -2.18. The molecule has 1 aromatic rings. The Morgan fingerprint density at radius 2 is 2.14 bits per heavy atom. The molecule has 0 bridgehead atoms. The molecular formula is C15H20ClNO4. The molecule has 1 amide bonds. The molecule has 0 radical (unpaired) electrons. The van der Waals surface area contributed by atoms with Gasteiger partial charge in [0.15, 0.2) is 6.10 Å². The number of carboxylic acid groups (broad SMARTS) is 1. The Bertz CT molecular complexity index is 492. The number of benzene rings is 1.